The summed E-state index contributed by atoms with van der Waals surface area (Å²) >= 11 is 1.24. The molecule has 0 aliphatic heterocycles. The van der Waals surface area contributed by atoms with Gasteiger partial charge in [0.25, 0.3) is 5.91 Å². The first kappa shape index (κ1) is 29.6. The van der Waals surface area contributed by atoms with Crippen LogP contribution in [0.1, 0.15) is 41.0 Å². The summed E-state index contributed by atoms with van der Waals surface area (Å²) in [4.78, 5) is 44.3. The van der Waals surface area contributed by atoms with Gasteiger partial charge >= 0.3 is 0 Å². The molecule has 208 valence electrons. The number of amides is 3. The molecule has 3 aromatic rings. The van der Waals surface area contributed by atoms with Gasteiger partial charge in [-0.05, 0) is 48.6 Å². The van der Waals surface area contributed by atoms with Crippen molar-refractivity contribution >= 4 is 34.2 Å². The average Bonchev–Trinajstić information content (AvgIpc) is 3.33. The number of thiazole rings is 1. The van der Waals surface area contributed by atoms with Gasteiger partial charge < -0.3 is 25.0 Å². The zero-order valence-electron chi connectivity index (χ0n) is 23.1. The third-order valence-electron chi connectivity index (χ3n) is 5.91. The molecular weight excluding hydrogens is 516 g/mol. The van der Waals surface area contributed by atoms with Crippen LogP contribution in [0.3, 0.4) is 0 Å². The molecule has 0 aliphatic carbocycles. The molecule has 0 saturated carbocycles. The largest absolute Gasteiger partial charge is 0.493 e. The van der Waals surface area contributed by atoms with Gasteiger partial charge in [0, 0.05) is 24.0 Å². The smallest absolute Gasteiger partial charge is 0.254 e. The second kappa shape index (κ2) is 14.3. The van der Waals surface area contributed by atoms with Crippen LogP contribution in [-0.2, 0) is 22.4 Å². The lowest BCUT2D eigenvalue weighted by atomic mass is 10.1. The number of ether oxygens (including phenoxy) is 2. The summed E-state index contributed by atoms with van der Waals surface area (Å²) in [7, 11) is 3.17. The molecule has 1 heterocycles. The van der Waals surface area contributed by atoms with Crippen LogP contribution in [0.2, 0.25) is 0 Å². The highest BCUT2D eigenvalue weighted by Crippen LogP contribution is 2.27. The lowest BCUT2D eigenvalue weighted by molar-refractivity contribution is -0.120. The van der Waals surface area contributed by atoms with Gasteiger partial charge in [-0.2, -0.15) is 0 Å². The van der Waals surface area contributed by atoms with E-state index in [2.05, 4.69) is 15.6 Å². The van der Waals surface area contributed by atoms with Gasteiger partial charge in [0.2, 0.25) is 11.8 Å². The van der Waals surface area contributed by atoms with Crippen molar-refractivity contribution in [3.05, 3.63) is 70.2 Å². The van der Waals surface area contributed by atoms with E-state index in [-0.39, 0.29) is 36.6 Å². The average molecular weight is 553 g/mol. The molecule has 39 heavy (non-hydrogen) atoms. The van der Waals surface area contributed by atoms with Crippen LogP contribution in [0, 0.1) is 12.8 Å². The van der Waals surface area contributed by atoms with Crippen molar-refractivity contribution in [2.75, 3.05) is 39.2 Å². The van der Waals surface area contributed by atoms with Crippen molar-refractivity contribution < 1.29 is 23.9 Å². The number of benzene rings is 2. The number of carbonyl (C=O) groups is 3. The Balaban J connectivity index is 1.50. The van der Waals surface area contributed by atoms with Gasteiger partial charge in [0.15, 0.2) is 16.6 Å². The maximum atomic E-state index is 13.1. The Bertz CT molecular complexity index is 1290. The van der Waals surface area contributed by atoms with Crippen LogP contribution in [0.5, 0.6) is 11.5 Å². The molecule has 0 radical (unpaired) electrons. The maximum absolute atomic E-state index is 13.1. The van der Waals surface area contributed by atoms with Crippen molar-refractivity contribution in [1.29, 1.82) is 0 Å². The number of methoxy groups -OCH3 is 2. The number of hydrogen-bond acceptors (Lipinski definition) is 7. The molecule has 0 saturated heterocycles. The van der Waals surface area contributed by atoms with E-state index in [9.17, 15) is 14.4 Å². The molecular formula is C29H36N4O5S. The molecule has 0 aliphatic rings. The number of hydrogen-bond donors (Lipinski definition) is 2. The predicted molar refractivity (Wildman–Crippen MR) is 153 cm³/mol. The molecule has 2 aromatic carbocycles. The van der Waals surface area contributed by atoms with E-state index in [0.717, 1.165) is 11.1 Å². The fourth-order valence-electron chi connectivity index (χ4n) is 4.03. The summed E-state index contributed by atoms with van der Waals surface area (Å²) in [6, 6.07) is 13.0. The Morgan fingerprint density at radius 1 is 1.03 bits per heavy atom. The third-order valence-corrected chi connectivity index (χ3v) is 6.71. The minimum absolute atomic E-state index is 0.0864. The van der Waals surface area contributed by atoms with E-state index in [1.807, 2.05) is 57.2 Å². The highest BCUT2D eigenvalue weighted by molar-refractivity contribution is 7.13. The molecule has 0 bridgehead atoms. The van der Waals surface area contributed by atoms with Crippen LogP contribution in [0.25, 0.3) is 0 Å². The van der Waals surface area contributed by atoms with Crippen molar-refractivity contribution in [2.45, 2.75) is 33.6 Å². The first-order chi connectivity index (χ1) is 18.7. The normalized spacial score (nSPS) is 10.7. The first-order valence-corrected chi connectivity index (χ1v) is 13.6. The van der Waals surface area contributed by atoms with Crippen molar-refractivity contribution in [3.8, 4) is 11.5 Å². The van der Waals surface area contributed by atoms with Gasteiger partial charge in [-0.15, -0.1) is 11.3 Å². The number of nitrogens with one attached hydrogen (secondary N) is 2. The standard InChI is InChI=1S/C29H36N4O5S/c1-19(2)16-33(28(36)23-9-7-6-8-20(23)3)17-27(35)32-29-31-22(18-39-29)15-26(34)30-13-12-21-10-11-24(37-4)25(14-21)38-5/h6-11,14,18-19H,12-13,15-17H2,1-5H3,(H,30,34)(H,31,32,35). The Hall–Kier alpha value is -3.92. The van der Waals surface area contributed by atoms with Crippen molar-refractivity contribution in [1.82, 2.24) is 15.2 Å². The molecule has 0 unspecified atom stereocenters. The van der Waals surface area contributed by atoms with E-state index in [4.69, 9.17) is 9.47 Å². The highest BCUT2D eigenvalue weighted by Gasteiger charge is 2.22. The molecule has 0 spiro atoms. The number of aryl methyl sites for hydroxylation is 1. The van der Waals surface area contributed by atoms with Crippen molar-refractivity contribution in [2.24, 2.45) is 5.92 Å². The van der Waals surface area contributed by atoms with E-state index < -0.39 is 0 Å². The number of anilines is 1. The van der Waals surface area contributed by atoms with Crippen molar-refractivity contribution in [3.63, 3.8) is 0 Å². The molecule has 9 nitrogen and oxygen atoms in total. The van der Waals surface area contributed by atoms with Crippen LogP contribution in [-0.4, -0.2) is 61.5 Å². The van der Waals surface area contributed by atoms with Gasteiger partial charge in [-0.1, -0.05) is 38.1 Å². The number of rotatable bonds is 13. The zero-order valence-corrected chi connectivity index (χ0v) is 23.9. The topological polar surface area (TPSA) is 110 Å². The Morgan fingerprint density at radius 2 is 1.77 bits per heavy atom. The number of nitrogens with zero attached hydrogens (tertiary/aromatic N) is 2. The maximum Gasteiger partial charge on any atom is 0.254 e. The Morgan fingerprint density at radius 3 is 2.46 bits per heavy atom. The number of carbonyl (C=O) groups excluding carboxylic acids is 3. The van der Waals surface area contributed by atoms with Crippen LogP contribution in [0.15, 0.2) is 47.8 Å². The van der Waals surface area contributed by atoms with Gasteiger partial charge in [0.1, 0.15) is 6.54 Å². The second-order valence-corrected chi connectivity index (χ2v) is 10.4. The fourth-order valence-corrected chi connectivity index (χ4v) is 4.76. The third kappa shape index (κ3) is 8.81. The summed E-state index contributed by atoms with van der Waals surface area (Å²) in [5, 5.41) is 7.79. The molecule has 2 N–H and O–H groups in total. The molecule has 0 atom stereocenters. The molecule has 3 rings (SSSR count). The van der Waals surface area contributed by atoms with Crippen LogP contribution in [0.4, 0.5) is 5.13 Å². The molecule has 3 amide bonds. The van der Waals surface area contributed by atoms with Gasteiger partial charge in [0.05, 0.1) is 26.3 Å². The minimum Gasteiger partial charge on any atom is -0.493 e. The Labute approximate surface area is 233 Å². The molecule has 1 aromatic heterocycles. The molecule has 0 fully saturated rings. The molecule has 10 heteroatoms. The lowest BCUT2D eigenvalue weighted by Gasteiger charge is -2.24. The van der Waals surface area contributed by atoms with Gasteiger partial charge in [-0.3, -0.25) is 14.4 Å². The fraction of sp³-hybridized carbons (Fsp3) is 0.379. The first-order valence-electron chi connectivity index (χ1n) is 12.8. The summed E-state index contributed by atoms with van der Waals surface area (Å²) in [6.07, 6.45) is 0.738. The van der Waals surface area contributed by atoms with Gasteiger partial charge in [-0.25, -0.2) is 4.98 Å². The SMILES string of the molecule is COc1ccc(CCNC(=O)Cc2csc(NC(=O)CN(CC(C)C)C(=O)c3ccccc3C)n2)cc1OC. The minimum atomic E-state index is -0.335. The van der Waals surface area contributed by atoms with E-state index >= 15 is 0 Å². The summed E-state index contributed by atoms with van der Waals surface area (Å²) in [6.45, 7) is 6.71. The highest BCUT2D eigenvalue weighted by atomic mass is 32.1. The Kier molecular flexibility index (Phi) is 10.9. The van der Waals surface area contributed by atoms with E-state index in [1.165, 1.54) is 11.3 Å². The zero-order chi connectivity index (χ0) is 28.4. The van der Waals surface area contributed by atoms with Crippen LogP contribution < -0.4 is 20.1 Å². The van der Waals surface area contributed by atoms with Crippen LogP contribution >= 0.6 is 11.3 Å². The number of aromatic nitrogens is 1. The second-order valence-electron chi connectivity index (χ2n) is 9.55. The quantitative estimate of drug-likeness (QED) is 0.330. The summed E-state index contributed by atoms with van der Waals surface area (Å²) in [5.41, 5.74) is 3.02. The summed E-state index contributed by atoms with van der Waals surface area (Å²) in [5.74, 6) is 0.819. The van der Waals surface area contributed by atoms with E-state index in [0.29, 0.717) is 47.4 Å². The predicted octanol–water partition coefficient (Wildman–Crippen LogP) is 4.11. The monoisotopic (exact) mass is 552 g/mol. The summed E-state index contributed by atoms with van der Waals surface area (Å²) < 4.78 is 10.6. The lowest BCUT2D eigenvalue weighted by Crippen LogP contribution is -2.40. The van der Waals surface area contributed by atoms with E-state index in [1.54, 1.807) is 30.6 Å².